The van der Waals surface area contributed by atoms with E-state index >= 15 is 0 Å². The zero-order valence-electron chi connectivity index (χ0n) is 11.2. The summed E-state index contributed by atoms with van der Waals surface area (Å²) in [6, 6.07) is 14.1. The van der Waals surface area contributed by atoms with Crippen LogP contribution in [0.5, 0.6) is 5.75 Å². The molecule has 0 fully saturated rings. The largest absolute Gasteiger partial charge is 0.497 e. The summed E-state index contributed by atoms with van der Waals surface area (Å²) in [4.78, 5) is 0. The van der Waals surface area contributed by atoms with E-state index in [0.717, 1.165) is 11.3 Å². The van der Waals surface area contributed by atoms with E-state index in [1.54, 1.807) is 19.2 Å². The van der Waals surface area contributed by atoms with Gasteiger partial charge in [-0.15, -0.1) is 0 Å². The van der Waals surface area contributed by atoms with Gasteiger partial charge in [0.15, 0.2) is 0 Å². The highest BCUT2D eigenvalue weighted by Gasteiger charge is 2.03. The third-order valence-corrected chi connectivity index (χ3v) is 2.99. The van der Waals surface area contributed by atoms with Gasteiger partial charge in [-0.3, -0.25) is 0 Å². The van der Waals surface area contributed by atoms with Gasteiger partial charge in [0.1, 0.15) is 11.6 Å². The Hall–Kier alpha value is -2.38. The molecule has 0 atom stereocenters. The predicted molar refractivity (Wildman–Crippen MR) is 74.7 cm³/mol. The van der Waals surface area contributed by atoms with Crippen molar-refractivity contribution >= 4 is 0 Å². The molecule has 2 aromatic carbocycles. The predicted octanol–water partition coefficient (Wildman–Crippen LogP) is 3.00. The minimum atomic E-state index is -0.355. The van der Waals surface area contributed by atoms with E-state index < -0.39 is 0 Å². The summed E-state index contributed by atoms with van der Waals surface area (Å²) in [5.41, 5.74) is 1.98. The van der Waals surface area contributed by atoms with Gasteiger partial charge < -0.3 is 10.1 Å². The third kappa shape index (κ3) is 3.56. The molecule has 0 saturated carbocycles. The van der Waals surface area contributed by atoms with E-state index in [0.29, 0.717) is 24.2 Å². The Balaban J connectivity index is 1.91. The zero-order valence-corrected chi connectivity index (χ0v) is 11.2. The fourth-order valence-electron chi connectivity index (χ4n) is 1.85. The van der Waals surface area contributed by atoms with Gasteiger partial charge in [-0.05, 0) is 29.8 Å². The maximum Gasteiger partial charge on any atom is 0.129 e. The van der Waals surface area contributed by atoms with Gasteiger partial charge in [0.2, 0.25) is 0 Å². The molecule has 3 nitrogen and oxygen atoms in total. The van der Waals surface area contributed by atoms with Crippen LogP contribution in [0.25, 0.3) is 0 Å². The van der Waals surface area contributed by atoms with Crippen molar-refractivity contribution in [3.8, 4) is 11.8 Å². The van der Waals surface area contributed by atoms with Crippen molar-refractivity contribution in [1.82, 2.24) is 5.32 Å². The number of rotatable bonds is 5. The van der Waals surface area contributed by atoms with Crippen molar-refractivity contribution in [2.45, 2.75) is 13.1 Å². The summed E-state index contributed by atoms with van der Waals surface area (Å²) in [7, 11) is 1.63. The summed E-state index contributed by atoms with van der Waals surface area (Å²) in [6.45, 7) is 1.06. The Bertz CT molecular complexity index is 617. The molecular formula is C16H15FN2O. The summed E-state index contributed by atoms with van der Waals surface area (Å²) in [5.74, 6) is 0.457. The molecule has 2 rings (SSSR count). The van der Waals surface area contributed by atoms with Gasteiger partial charge >= 0.3 is 0 Å². The monoisotopic (exact) mass is 270 g/mol. The molecule has 0 unspecified atom stereocenters. The second kappa shape index (κ2) is 6.69. The molecule has 102 valence electrons. The van der Waals surface area contributed by atoms with Gasteiger partial charge in [0, 0.05) is 18.7 Å². The van der Waals surface area contributed by atoms with Crippen LogP contribution in [0, 0.1) is 17.1 Å². The second-order valence-electron chi connectivity index (χ2n) is 4.37. The van der Waals surface area contributed by atoms with E-state index in [1.165, 1.54) is 6.07 Å². The molecule has 0 amide bonds. The van der Waals surface area contributed by atoms with Crippen LogP contribution >= 0.6 is 0 Å². The molecule has 2 aromatic rings. The first-order valence-corrected chi connectivity index (χ1v) is 6.25. The fourth-order valence-corrected chi connectivity index (χ4v) is 1.85. The van der Waals surface area contributed by atoms with E-state index in [2.05, 4.69) is 5.32 Å². The van der Waals surface area contributed by atoms with Crippen molar-refractivity contribution < 1.29 is 9.13 Å². The topological polar surface area (TPSA) is 45.0 Å². The molecule has 0 aliphatic rings. The number of methoxy groups -OCH3 is 1. The molecule has 20 heavy (non-hydrogen) atoms. The lowest BCUT2D eigenvalue weighted by atomic mass is 10.1. The molecule has 4 heteroatoms. The lowest BCUT2D eigenvalue weighted by molar-refractivity contribution is 0.414. The average molecular weight is 270 g/mol. The summed E-state index contributed by atoms with van der Waals surface area (Å²) < 4.78 is 18.7. The molecule has 0 spiro atoms. The number of ether oxygens (including phenoxy) is 1. The Morgan fingerprint density at radius 3 is 2.50 bits per heavy atom. The molecule has 0 radical (unpaired) electrons. The summed E-state index contributed by atoms with van der Waals surface area (Å²) >= 11 is 0. The number of benzene rings is 2. The SMILES string of the molecule is COc1ccc(CNCc2ccc(C#N)cc2F)cc1. The minimum absolute atomic E-state index is 0.335. The van der Waals surface area contributed by atoms with Gasteiger partial charge in [-0.2, -0.15) is 5.26 Å². The zero-order chi connectivity index (χ0) is 14.4. The molecule has 0 aromatic heterocycles. The molecule has 0 aliphatic carbocycles. The minimum Gasteiger partial charge on any atom is -0.497 e. The van der Waals surface area contributed by atoms with E-state index in [-0.39, 0.29) is 5.82 Å². The van der Waals surface area contributed by atoms with E-state index in [4.69, 9.17) is 10.00 Å². The van der Waals surface area contributed by atoms with Crippen LogP contribution in [-0.4, -0.2) is 7.11 Å². The Morgan fingerprint density at radius 2 is 1.90 bits per heavy atom. The molecule has 0 bridgehead atoms. The Morgan fingerprint density at radius 1 is 1.15 bits per heavy atom. The molecule has 0 saturated heterocycles. The molecule has 0 heterocycles. The van der Waals surface area contributed by atoms with Crippen LogP contribution in [0.2, 0.25) is 0 Å². The first-order valence-electron chi connectivity index (χ1n) is 6.25. The number of halogens is 1. The smallest absolute Gasteiger partial charge is 0.129 e. The highest BCUT2D eigenvalue weighted by molar-refractivity contribution is 5.33. The fraction of sp³-hybridized carbons (Fsp3) is 0.188. The maximum absolute atomic E-state index is 13.7. The number of hydrogen-bond acceptors (Lipinski definition) is 3. The number of nitriles is 1. The van der Waals surface area contributed by atoms with Crippen LogP contribution in [0.3, 0.4) is 0 Å². The van der Waals surface area contributed by atoms with Gasteiger partial charge in [0.25, 0.3) is 0 Å². The van der Waals surface area contributed by atoms with Crippen molar-refractivity contribution in [3.63, 3.8) is 0 Å². The van der Waals surface area contributed by atoms with Crippen LogP contribution in [0.1, 0.15) is 16.7 Å². The van der Waals surface area contributed by atoms with Crippen molar-refractivity contribution in [2.24, 2.45) is 0 Å². The quantitative estimate of drug-likeness (QED) is 0.908. The molecule has 1 N–H and O–H groups in total. The third-order valence-electron chi connectivity index (χ3n) is 2.99. The lowest BCUT2D eigenvalue weighted by Gasteiger charge is -2.07. The average Bonchev–Trinajstić information content (AvgIpc) is 2.49. The van der Waals surface area contributed by atoms with Crippen LogP contribution in [-0.2, 0) is 13.1 Å². The normalized spacial score (nSPS) is 10.1. The highest BCUT2D eigenvalue weighted by atomic mass is 19.1. The first kappa shape index (κ1) is 14.0. The van der Waals surface area contributed by atoms with Gasteiger partial charge in [0.05, 0.1) is 18.7 Å². The first-order chi connectivity index (χ1) is 9.72. The van der Waals surface area contributed by atoms with Crippen molar-refractivity contribution in [1.29, 1.82) is 5.26 Å². The Labute approximate surface area is 117 Å². The maximum atomic E-state index is 13.7. The van der Waals surface area contributed by atoms with E-state index in [1.807, 2.05) is 30.3 Å². The van der Waals surface area contributed by atoms with Crippen LogP contribution < -0.4 is 10.1 Å². The lowest BCUT2D eigenvalue weighted by Crippen LogP contribution is -2.13. The van der Waals surface area contributed by atoms with Crippen LogP contribution in [0.15, 0.2) is 42.5 Å². The van der Waals surface area contributed by atoms with Crippen LogP contribution in [0.4, 0.5) is 4.39 Å². The summed E-state index contributed by atoms with van der Waals surface area (Å²) in [5, 5.41) is 11.8. The molecular weight excluding hydrogens is 255 g/mol. The highest BCUT2D eigenvalue weighted by Crippen LogP contribution is 2.12. The van der Waals surface area contributed by atoms with Crippen molar-refractivity contribution in [3.05, 3.63) is 65.0 Å². The van der Waals surface area contributed by atoms with E-state index in [9.17, 15) is 4.39 Å². The summed E-state index contributed by atoms with van der Waals surface area (Å²) in [6.07, 6.45) is 0. The van der Waals surface area contributed by atoms with Crippen molar-refractivity contribution in [2.75, 3.05) is 7.11 Å². The number of nitrogens with zero attached hydrogens (tertiary/aromatic N) is 1. The van der Waals surface area contributed by atoms with Gasteiger partial charge in [-0.1, -0.05) is 18.2 Å². The number of nitrogens with one attached hydrogen (secondary N) is 1. The number of hydrogen-bond donors (Lipinski definition) is 1. The van der Waals surface area contributed by atoms with Gasteiger partial charge in [-0.25, -0.2) is 4.39 Å². The Kier molecular flexibility index (Phi) is 4.70. The molecule has 0 aliphatic heterocycles. The second-order valence-corrected chi connectivity index (χ2v) is 4.37. The standard InChI is InChI=1S/C16H15FN2O/c1-20-15-6-3-12(4-7-15)10-19-11-14-5-2-13(9-18)8-16(14)17/h2-8,19H,10-11H2,1H3.